The number of amidine groups is 1. The van der Waals surface area contributed by atoms with E-state index >= 15 is 0 Å². The fourth-order valence-electron chi connectivity index (χ4n) is 2.70. The Bertz CT molecular complexity index is 665. The summed E-state index contributed by atoms with van der Waals surface area (Å²) >= 11 is 0. The topological polar surface area (TPSA) is 69.2 Å². The molecule has 1 aromatic carbocycles. The maximum atomic E-state index is 12.1. The van der Waals surface area contributed by atoms with E-state index in [-0.39, 0.29) is 5.91 Å². The number of carbonyl (C=O) groups excluding carboxylic acids is 1. The fraction of sp³-hybridized carbons (Fsp3) is 0.412. The van der Waals surface area contributed by atoms with E-state index in [1.54, 1.807) is 39.5 Å². The Morgan fingerprint density at radius 3 is 2.26 bits per heavy atom. The van der Waals surface area contributed by atoms with Gasteiger partial charge < -0.3 is 19.5 Å². The summed E-state index contributed by atoms with van der Waals surface area (Å²) in [4.78, 5) is 16.5. The van der Waals surface area contributed by atoms with Crippen LogP contribution >= 0.6 is 0 Å². The molecule has 0 unspecified atom stereocenters. The smallest absolute Gasteiger partial charge is 0.275 e. The van der Waals surface area contributed by atoms with Crippen LogP contribution in [0.15, 0.2) is 22.8 Å². The van der Waals surface area contributed by atoms with E-state index in [9.17, 15) is 4.79 Å². The van der Waals surface area contributed by atoms with Crippen LogP contribution in [-0.2, 0) is 4.79 Å². The third-order valence-electron chi connectivity index (χ3n) is 4.20. The molecule has 6 heteroatoms. The van der Waals surface area contributed by atoms with Crippen molar-refractivity contribution in [2.45, 2.75) is 19.3 Å². The van der Waals surface area contributed by atoms with Gasteiger partial charge in [-0.05, 0) is 36.6 Å². The number of methoxy groups -OCH3 is 3. The zero-order valence-corrected chi connectivity index (χ0v) is 13.5. The molecule has 122 valence electrons. The summed E-state index contributed by atoms with van der Waals surface area (Å²) < 4.78 is 15.9. The average molecular weight is 316 g/mol. The second-order valence-electron chi connectivity index (χ2n) is 5.57. The van der Waals surface area contributed by atoms with Gasteiger partial charge in [0.05, 0.1) is 21.3 Å². The van der Waals surface area contributed by atoms with E-state index in [0.717, 1.165) is 24.2 Å². The van der Waals surface area contributed by atoms with Gasteiger partial charge in [-0.25, -0.2) is 4.99 Å². The maximum Gasteiger partial charge on any atom is 0.275 e. The average Bonchev–Trinajstić information content (AvgIpc) is 2.84. The van der Waals surface area contributed by atoms with Gasteiger partial charge >= 0.3 is 0 Å². The van der Waals surface area contributed by atoms with Gasteiger partial charge in [-0.3, -0.25) is 4.79 Å². The molecule has 0 bridgehead atoms. The molecule has 1 saturated carbocycles. The van der Waals surface area contributed by atoms with Crippen molar-refractivity contribution in [2.75, 3.05) is 21.3 Å². The first-order chi connectivity index (χ1) is 11.2. The Kier molecular flexibility index (Phi) is 4.23. The molecule has 2 aliphatic rings. The lowest BCUT2D eigenvalue weighted by Gasteiger charge is -2.24. The van der Waals surface area contributed by atoms with Crippen molar-refractivity contribution in [1.82, 2.24) is 5.32 Å². The molecular weight excluding hydrogens is 296 g/mol. The van der Waals surface area contributed by atoms with Gasteiger partial charge in [-0.1, -0.05) is 6.42 Å². The molecule has 0 radical (unpaired) electrons. The summed E-state index contributed by atoms with van der Waals surface area (Å²) in [7, 11) is 4.67. The highest BCUT2D eigenvalue weighted by molar-refractivity contribution is 6.15. The Labute approximate surface area is 135 Å². The fourth-order valence-corrected chi connectivity index (χ4v) is 2.70. The predicted octanol–water partition coefficient (Wildman–Crippen LogP) is 2.38. The highest BCUT2D eigenvalue weighted by Crippen LogP contribution is 2.39. The predicted molar refractivity (Wildman–Crippen MR) is 87.0 cm³/mol. The summed E-state index contributed by atoms with van der Waals surface area (Å²) in [5.74, 6) is 2.62. The molecule has 1 aromatic rings. The van der Waals surface area contributed by atoms with Crippen LogP contribution in [0, 0.1) is 5.92 Å². The first-order valence-electron chi connectivity index (χ1n) is 7.58. The molecule has 1 amide bonds. The number of carbonyl (C=O) groups is 1. The Morgan fingerprint density at radius 1 is 1.13 bits per heavy atom. The number of amides is 1. The molecule has 3 rings (SSSR count). The van der Waals surface area contributed by atoms with Crippen LogP contribution < -0.4 is 19.5 Å². The lowest BCUT2D eigenvalue weighted by Crippen LogP contribution is -2.33. The Hall–Kier alpha value is -2.50. The van der Waals surface area contributed by atoms with Crippen molar-refractivity contribution in [3.63, 3.8) is 0 Å². The third kappa shape index (κ3) is 2.88. The number of nitrogens with one attached hydrogen (secondary N) is 1. The monoisotopic (exact) mass is 316 g/mol. The number of nitrogens with zero attached hydrogens (tertiary/aromatic N) is 1. The third-order valence-corrected chi connectivity index (χ3v) is 4.20. The molecule has 1 heterocycles. The molecule has 1 N–H and O–H groups in total. The number of aliphatic imine (C=N–C) groups is 1. The van der Waals surface area contributed by atoms with Crippen molar-refractivity contribution in [3.05, 3.63) is 23.4 Å². The highest BCUT2D eigenvalue weighted by atomic mass is 16.5. The summed E-state index contributed by atoms with van der Waals surface area (Å²) in [6, 6.07) is 3.58. The first-order valence-corrected chi connectivity index (χ1v) is 7.58. The van der Waals surface area contributed by atoms with Crippen LogP contribution in [0.2, 0.25) is 0 Å². The Morgan fingerprint density at radius 2 is 1.78 bits per heavy atom. The van der Waals surface area contributed by atoms with E-state index in [1.165, 1.54) is 6.42 Å². The summed E-state index contributed by atoms with van der Waals surface area (Å²) in [5.41, 5.74) is 1.17. The van der Waals surface area contributed by atoms with Crippen LogP contribution in [0.3, 0.4) is 0 Å². The van der Waals surface area contributed by atoms with Crippen molar-refractivity contribution >= 4 is 17.8 Å². The molecule has 0 spiro atoms. The maximum absolute atomic E-state index is 12.1. The van der Waals surface area contributed by atoms with Gasteiger partial charge in [0.2, 0.25) is 5.75 Å². The number of rotatable bonds is 5. The SMILES string of the molecule is COc1cc(/C=C2/N=C(C3CCC3)NC2=O)cc(OC)c1OC. The van der Waals surface area contributed by atoms with Crippen LogP contribution in [0.4, 0.5) is 0 Å². The second-order valence-corrected chi connectivity index (χ2v) is 5.57. The van der Waals surface area contributed by atoms with Crippen LogP contribution in [0.5, 0.6) is 17.2 Å². The lowest BCUT2D eigenvalue weighted by atomic mass is 9.84. The van der Waals surface area contributed by atoms with E-state index in [4.69, 9.17) is 14.2 Å². The molecule has 23 heavy (non-hydrogen) atoms. The van der Waals surface area contributed by atoms with E-state index in [2.05, 4.69) is 10.3 Å². The van der Waals surface area contributed by atoms with Gasteiger partial charge in [0.15, 0.2) is 11.5 Å². The molecule has 6 nitrogen and oxygen atoms in total. The van der Waals surface area contributed by atoms with E-state index < -0.39 is 0 Å². The van der Waals surface area contributed by atoms with Gasteiger partial charge in [0.1, 0.15) is 11.5 Å². The number of ether oxygens (including phenoxy) is 3. The summed E-state index contributed by atoms with van der Waals surface area (Å²) in [6.07, 6.45) is 5.12. The summed E-state index contributed by atoms with van der Waals surface area (Å²) in [6.45, 7) is 0. The molecule has 1 fully saturated rings. The lowest BCUT2D eigenvalue weighted by molar-refractivity contribution is -0.115. The molecular formula is C17H20N2O4. The number of hydrogen-bond donors (Lipinski definition) is 1. The minimum Gasteiger partial charge on any atom is -0.493 e. The van der Waals surface area contributed by atoms with E-state index in [0.29, 0.717) is 28.9 Å². The Balaban J connectivity index is 1.95. The van der Waals surface area contributed by atoms with E-state index in [1.807, 2.05) is 0 Å². The van der Waals surface area contributed by atoms with Crippen LogP contribution in [0.1, 0.15) is 24.8 Å². The van der Waals surface area contributed by atoms with Crippen LogP contribution in [0.25, 0.3) is 6.08 Å². The molecule has 0 aromatic heterocycles. The van der Waals surface area contributed by atoms with Crippen molar-refractivity contribution in [2.24, 2.45) is 10.9 Å². The van der Waals surface area contributed by atoms with Crippen LogP contribution in [-0.4, -0.2) is 33.1 Å². The van der Waals surface area contributed by atoms with Crippen molar-refractivity contribution in [3.8, 4) is 17.2 Å². The molecule has 0 atom stereocenters. The number of hydrogen-bond acceptors (Lipinski definition) is 5. The minimum absolute atomic E-state index is 0.166. The van der Waals surface area contributed by atoms with Gasteiger partial charge in [0, 0.05) is 5.92 Å². The minimum atomic E-state index is -0.166. The van der Waals surface area contributed by atoms with Crippen molar-refractivity contribution < 1.29 is 19.0 Å². The molecule has 1 aliphatic heterocycles. The van der Waals surface area contributed by atoms with Gasteiger partial charge in [-0.2, -0.15) is 0 Å². The number of benzene rings is 1. The molecule has 0 saturated heterocycles. The largest absolute Gasteiger partial charge is 0.493 e. The second kappa shape index (κ2) is 6.32. The van der Waals surface area contributed by atoms with Gasteiger partial charge in [0.25, 0.3) is 5.91 Å². The standard InChI is InChI=1S/C17H20N2O4/c1-21-13-8-10(9-14(22-2)15(13)23-3)7-12-17(20)19-16(18-12)11-5-4-6-11/h7-9,11H,4-6H2,1-3H3,(H,18,19,20)/b12-7+. The zero-order chi connectivity index (χ0) is 16.4. The quantitative estimate of drug-likeness (QED) is 0.847. The zero-order valence-electron chi connectivity index (χ0n) is 13.5. The normalized spacial score (nSPS) is 19.2. The van der Waals surface area contributed by atoms with Crippen molar-refractivity contribution in [1.29, 1.82) is 0 Å². The summed E-state index contributed by atoms with van der Waals surface area (Å²) in [5, 5.41) is 2.86. The molecule has 1 aliphatic carbocycles. The highest BCUT2D eigenvalue weighted by Gasteiger charge is 2.30. The van der Waals surface area contributed by atoms with Gasteiger partial charge in [-0.15, -0.1) is 0 Å². The first kappa shape index (κ1) is 15.4.